The van der Waals surface area contributed by atoms with Gasteiger partial charge in [0.05, 0.1) is 0 Å². The third-order valence-corrected chi connectivity index (χ3v) is 3.38. The van der Waals surface area contributed by atoms with Gasteiger partial charge in [-0.05, 0) is 33.0 Å². The Morgan fingerprint density at radius 3 is 2.27 bits per heavy atom. The molecule has 90 valence electrons. The molecule has 0 radical (unpaired) electrons. The summed E-state index contributed by atoms with van der Waals surface area (Å²) in [6.07, 6.45) is 1.30. The zero-order valence-corrected chi connectivity index (χ0v) is 10.8. The van der Waals surface area contributed by atoms with Crippen LogP contribution in [0.25, 0.3) is 0 Å². The number of hydrogen-bond donors (Lipinski definition) is 1. The topological polar surface area (TPSA) is 18.5 Å². The highest BCUT2D eigenvalue weighted by Gasteiger charge is 2.17. The highest BCUT2D eigenvalue weighted by atomic mass is 15.2. The predicted octanol–water partition coefficient (Wildman–Crippen LogP) is 0.868. The molecule has 0 aromatic rings. The fourth-order valence-corrected chi connectivity index (χ4v) is 2.44. The van der Waals surface area contributed by atoms with Gasteiger partial charge in [0.25, 0.3) is 0 Å². The summed E-state index contributed by atoms with van der Waals surface area (Å²) in [5.74, 6) is 0.753. The van der Waals surface area contributed by atoms with Crippen molar-refractivity contribution in [2.45, 2.75) is 26.3 Å². The Balaban J connectivity index is 2.26. The second-order valence-electron chi connectivity index (χ2n) is 5.16. The van der Waals surface area contributed by atoms with Crippen LogP contribution in [-0.2, 0) is 0 Å². The summed E-state index contributed by atoms with van der Waals surface area (Å²) >= 11 is 0. The van der Waals surface area contributed by atoms with Crippen molar-refractivity contribution < 1.29 is 0 Å². The molecule has 1 rings (SSSR count). The molecule has 1 fully saturated rings. The molecule has 1 unspecified atom stereocenters. The third-order valence-electron chi connectivity index (χ3n) is 3.38. The van der Waals surface area contributed by atoms with E-state index in [1.807, 2.05) is 0 Å². The average Bonchev–Trinajstić information content (AvgIpc) is 2.18. The summed E-state index contributed by atoms with van der Waals surface area (Å²) < 4.78 is 0. The van der Waals surface area contributed by atoms with Crippen LogP contribution in [0.3, 0.4) is 0 Å². The van der Waals surface area contributed by atoms with Crippen molar-refractivity contribution >= 4 is 0 Å². The maximum atomic E-state index is 3.40. The molecule has 0 aromatic heterocycles. The van der Waals surface area contributed by atoms with Crippen LogP contribution in [0.2, 0.25) is 0 Å². The van der Waals surface area contributed by atoms with Crippen LogP contribution in [-0.4, -0.2) is 62.7 Å². The van der Waals surface area contributed by atoms with Crippen molar-refractivity contribution in [1.29, 1.82) is 0 Å². The molecule has 0 bridgehead atoms. The first-order chi connectivity index (χ1) is 7.11. The second kappa shape index (κ2) is 6.46. The van der Waals surface area contributed by atoms with Gasteiger partial charge in [0.15, 0.2) is 0 Å². The van der Waals surface area contributed by atoms with Crippen LogP contribution in [0.15, 0.2) is 0 Å². The number of piperazine rings is 1. The molecule has 0 saturated carbocycles. The molecule has 1 aliphatic rings. The van der Waals surface area contributed by atoms with E-state index in [9.17, 15) is 0 Å². The lowest BCUT2D eigenvalue weighted by Gasteiger charge is -2.32. The van der Waals surface area contributed by atoms with Gasteiger partial charge in [-0.3, -0.25) is 0 Å². The Labute approximate surface area is 94.8 Å². The van der Waals surface area contributed by atoms with Gasteiger partial charge in [-0.2, -0.15) is 0 Å². The van der Waals surface area contributed by atoms with Gasteiger partial charge in [-0.25, -0.2) is 0 Å². The highest BCUT2D eigenvalue weighted by Crippen LogP contribution is 2.12. The van der Waals surface area contributed by atoms with E-state index in [1.165, 1.54) is 26.1 Å². The Bertz CT molecular complexity index is 154. The van der Waals surface area contributed by atoms with Crippen LogP contribution < -0.4 is 5.32 Å². The fourth-order valence-electron chi connectivity index (χ4n) is 2.44. The molecule has 0 aliphatic carbocycles. The van der Waals surface area contributed by atoms with E-state index in [0.717, 1.165) is 25.0 Å². The van der Waals surface area contributed by atoms with Crippen molar-refractivity contribution in [2.75, 3.05) is 46.8 Å². The Morgan fingerprint density at radius 2 is 1.80 bits per heavy atom. The minimum atomic E-state index is 0.722. The van der Waals surface area contributed by atoms with Crippen molar-refractivity contribution in [3.05, 3.63) is 0 Å². The molecule has 1 aliphatic heterocycles. The average molecular weight is 213 g/mol. The van der Waals surface area contributed by atoms with E-state index in [1.54, 1.807) is 0 Å². The number of rotatable bonds is 5. The minimum Gasteiger partial charge on any atom is -0.314 e. The van der Waals surface area contributed by atoms with Crippen LogP contribution in [0.1, 0.15) is 20.3 Å². The molecule has 15 heavy (non-hydrogen) atoms. The lowest BCUT2D eigenvalue weighted by molar-refractivity contribution is 0.171. The molecule has 1 N–H and O–H groups in total. The van der Waals surface area contributed by atoms with Gasteiger partial charge in [0, 0.05) is 32.2 Å². The molecule has 1 saturated heterocycles. The number of nitrogens with one attached hydrogen (secondary N) is 1. The Morgan fingerprint density at radius 1 is 1.20 bits per heavy atom. The van der Waals surface area contributed by atoms with E-state index in [2.05, 4.69) is 43.1 Å². The largest absolute Gasteiger partial charge is 0.314 e. The maximum absolute atomic E-state index is 3.40. The quantitative estimate of drug-likeness (QED) is 0.731. The van der Waals surface area contributed by atoms with Crippen molar-refractivity contribution in [1.82, 2.24) is 15.1 Å². The first-order valence-electron chi connectivity index (χ1n) is 6.20. The van der Waals surface area contributed by atoms with Crippen LogP contribution >= 0.6 is 0 Å². The first-order valence-corrected chi connectivity index (χ1v) is 6.20. The second-order valence-corrected chi connectivity index (χ2v) is 5.16. The van der Waals surface area contributed by atoms with Crippen LogP contribution in [0.4, 0.5) is 0 Å². The third kappa shape index (κ3) is 4.49. The Hall–Kier alpha value is -0.120. The van der Waals surface area contributed by atoms with E-state index in [4.69, 9.17) is 0 Å². The zero-order chi connectivity index (χ0) is 11.3. The summed E-state index contributed by atoms with van der Waals surface area (Å²) in [4.78, 5) is 4.95. The van der Waals surface area contributed by atoms with Crippen LogP contribution in [0.5, 0.6) is 0 Å². The summed E-state index contributed by atoms with van der Waals surface area (Å²) in [5.41, 5.74) is 0. The molecule has 0 amide bonds. The van der Waals surface area contributed by atoms with Gasteiger partial charge in [0.2, 0.25) is 0 Å². The number of nitrogens with zero attached hydrogens (tertiary/aromatic N) is 2. The highest BCUT2D eigenvalue weighted by molar-refractivity contribution is 4.74. The summed E-state index contributed by atoms with van der Waals surface area (Å²) in [5, 5.41) is 3.40. The smallest absolute Gasteiger partial charge is 0.0124 e. The fraction of sp³-hybridized carbons (Fsp3) is 1.00. The molecule has 0 spiro atoms. The zero-order valence-electron chi connectivity index (χ0n) is 10.8. The molecular formula is C12H27N3. The molecular weight excluding hydrogens is 186 g/mol. The first kappa shape index (κ1) is 12.9. The predicted molar refractivity (Wildman–Crippen MR) is 66.2 cm³/mol. The van der Waals surface area contributed by atoms with Gasteiger partial charge in [0.1, 0.15) is 0 Å². The maximum Gasteiger partial charge on any atom is 0.0124 e. The lowest BCUT2D eigenvalue weighted by Crippen LogP contribution is -2.45. The van der Waals surface area contributed by atoms with Crippen molar-refractivity contribution in [3.63, 3.8) is 0 Å². The van der Waals surface area contributed by atoms with Crippen molar-refractivity contribution in [3.8, 4) is 0 Å². The Kier molecular flexibility index (Phi) is 5.58. The molecule has 0 aromatic carbocycles. The standard InChI is InChI=1S/C12H27N3/c1-11(2)12(14(3)4)5-8-15-9-6-13-7-10-15/h11-13H,5-10H2,1-4H3. The lowest BCUT2D eigenvalue weighted by atomic mass is 9.99. The normalized spacial score (nSPS) is 21.2. The van der Waals surface area contributed by atoms with E-state index in [0.29, 0.717) is 0 Å². The van der Waals surface area contributed by atoms with Gasteiger partial charge in [-0.15, -0.1) is 0 Å². The molecule has 3 nitrogen and oxygen atoms in total. The van der Waals surface area contributed by atoms with Crippen LogP contribution in [0, 0.1) is 5.92 Å². The summed E-state index contributed by atoms with van der Waals surface area (Å²) in [6, 6.07) is 0.722. The van der Waals surface area contributed by atoms with E-state index >= 15 is 0 Å². The number of hydrogen-bond acceptors (Lipinski definition) is 3. The van der Waals surface area contributed by atoms with Gasteiger partial charge >= 0.3 is 0 Å². The molecule has 3 heteroatoms. The minimum absolute atomic E-state index is 0.722. The molecule has 1 heterocycles. The van der Waals surface area contributed by atoms with E-state index < -0.39 is 0 Å². The van der Waals surface area contributed by atoms with Gasteiger partial charge < -0.3 is 15.1 Å². The summed E-state index contributed by atoms with van der Waals surface area (Å²) in [6.45, 7) is 10.7. The monoisotopic (exact) mass is 213 g/mol. The van der Waals surface area contributed by atoms with Gasteiger partial charge in [-0.1, -0.05) is 13.8 Å². The molecule has 1 atom stereocenters. The summed E-state index contributed by atoms with van der Waals surface area (Å²) in [7, 11) is 4.39. The van der Waals surface area contributed by atoms with Crippen molar-refractivity contribution in [2.24, 2.45) is 5.92 Å². The van der Waals surface area contributed by atoms with E-state index in [-0.39, 0.29) is 0 Å². The SMILES string of the molecule is CC(C)C(CCN1CCNCC1)N(C)C.